The summed E-state index contributed by atoms with van der Waals surface area (Å²) < 4.78 is 7.89. The molecule has 3 aromatic rings. The average Bonchev–Trinajstić information content (AvgIpc) is 3.32. The number of hydrogen-bond donors (Lipinski definition) is 1. The summed E-state index contributed by atoms with van der Waals surface area (Å²) in [6.07, 6.45) is 6.98. The van der Waals surface area contributed by atoms with Crippen LogP contribution in [-0.4, -0.2) is 43.6 Å². The molecule has 1 aliphatic heterocycles. The molecule has 118 valence electrons. The maximum absolute atomic E-state index is 11.7. The Morgan fingerprint density at radius 2 is 2.09 bits per heavy atom. The Morgan fingerprint density at radius 1 is 1.17 bits per heavy atom. The normalized spacial score (nSPS) is 14.8. The van der Waals surface area contributed by atoms with E-state index in [2.05, 4.69) is 15.2 Å². The van der Waals surface area contributed by atoms with Gasteiger partial charge in [0.25, 0.3) is 0 Å². The van der Waals surface area contributed by atoms with Crippen LogP contribution in [0.15, 0.2) is 41.2 Å². The van der Waals surface area contributed by atoms with Gasteiger partial charge in [-0.3, -0.25) is 9.89 Å². The second-order valence-corrected chi connectivity index (χ2v) is 5.56. The van der Waals surface area contributed by atoms with Crippen molar-refractivity contribution in [2.24, 2.45) is 0 Å². The number of furan rings is 1. The Hall–Kier alpha value is -2.83. The van der Waals surface area contributed by atoms with E-state index in [1.807, 2.05) is 33.9 Å². The number of hydrogen-bond acceptors (Lipinski definition) is 4. The number of carbonyl (C=O) groups is 1. The van der Waals surface area contributed by atoms with Crippen LogP contribution in [0.4, 0.5) is 0 Å². The van der Waals surface area contributed by atoms with Gasteiger partial charge in [-0.1, -0.05) is 0 Å². The van der Waals surface area contributed by atoms with Crippen LogP contribution in [0.1, 0.15) is 12.8 Å². The zero-order valence-corrected chi connectivity index (χ0v) is 12.6. The third kappa shape index (κ3) is 2.65. The molecule has 0 radical (unpaired) electrons. The van der Waals surface area contributed by atoms with E-state index in [1.54, 1.807) is 12.4 Å². The van der Waals surface area contributed by atoms with Gasteiger partial charge in [0, 0.05) is 44.6 Å². The van der Waals surface area contributed by atoms with Crippen molar-refractivity contribution in [3.05, 3.63) is 36.8 Å². The Bertz CT molecular complexity index is 802. The van der Waals surface area contributed by atoms with Gasteiger partial charge in [0.15, 0.2) is 17.3 Å². The van der Waals surface area contributed by atoms with Crippen LogP contribution >= 0.6 is 0 Å². The monoisotopic (exact) mass is 311 g/mol. The molecule has 1 fully saturated rings. The van der Waals surface area contributed by atoms with Crippen molar-refractivity contribution in [1.29, 1.82) is 0 Å². The first kappa shape index (κ1) is 13.8. The summed E-state index contributed by atoms with van der Waals surface area (Å²) in [7, 11) is 0. The Labute approximate surface area is 132 Å². The summed E-state index contributed by atoms with van der Waals surface area (Å²) in [4.78, 5) is 18.0. The lowest BCUT2D eigenvalue weighted by Crippen LogP contribution is -2.28. The summed E-state index contributed by atoms with van der Waals surface area (Å²) in [5, 5.41) is 6.80. The molecule has 0 spiro atoms. The first-order valence-corrected chi connectivity index (χ1v) is 7.70. The first-order chi connectivity index (χ1) is 11.3. The highest BCUT2D eigenvalue weighted by Crippen LogP contribution is 2.26. The number of aromatic amines is 1. The van der Waals surface area contributed by atoms with E-state index < -0.39 is 0 Å². The third-order valence-corrected chi connectivity index (χ3v) is 4.09. The summed E-state index contributed by atoms with van der Waals surface area (Å²) in [6.45, 7) is 2.27. The molecule has 7 heteroatoms. The lowest BCUT2D eigenvalue weighted by Gasteiger charge is -2.16. The van der Waals surface area contributed by atoms with Gasteiger partial charge < -0.3 is 13.9 Å². The van der Waals surface area contributed by atoms with Gasteiger partial charge in [-0.2, -0.15) is 5.10 Å². The van der Waals surface area contributed by atoms with E-state index in [1.165, 1.54) is 0 Å². The smallest absolute Gasteiger partial charge is 0.222 e. The van der Waals surface area contributed by atoms with Crippen LogP contribution in [0.2, 0.25) is 0 Å². The lowest BCUT2D eigenvalue weighted by atomic mass is 10.3. The van der Waals surface area contributed by atoms with Gasteiger partial charge in [-0.25, -0.2) is 4.98 Å². The molecule has 7 nitrogen and oxygen atoms in total. The highest BCUT2D eigenvalue weighted by molar-refractivity contribution is 5.78. The molecule has 4 heterocycles. The van der Waals surface area contributed by atoms with Gasteiger partial charge in [0.2, 0.25) is 5.91 Å². The van der Waals surface area contributed by atoms with E-state index in [4.69, 9.17) is 4.42 Å². The summed E-state index contributed by atoms with van der Waals surface area (Å²) in [6, 6.07) is 5.65. The number of imidazole rings is 1. The number of nitrogens with one attached hydrogen (secondary N) is 1. The van der Waals surface area contributed by atoms with E-state index in [-0.39, 0.29) is 5.91 Å². The second kappa shape index (κ2) is 5.75. The molecular weight excluding hydrogens is 294 g/mol. The van der Waals surface area contributed by atoms with Crippen LogP contribution in [-0.2, 0) is 11.3 Å². The minimum Gasteiger partial charge on any atom is -0.451 e. The number of rotatable bonds is 5. The third-order valence-electron chi connectivity index (χ3n) is 4.09. The SMILES string of the molecule is O=C1CCCN1CCn1ccnc1-c1ccc(-c2ccn[nH]2)o1. The standard InChI is InChI=1S/C16H17N5O2/c22-15-2-1-8-20(15)10-11-21-9-7-17-16(21)14-4-3-13(23-14)12-5-6-18-19-12/h3-7,9H,1-2,8,10-11H2,(H,18,19). The molecule has 23 heavy (non-hydrogen) atoms. The number of likely N-dealkylation sites (tertiary alicyclic amines) is 1. The van der Waals surface area contributed by atoms with Crippen molar-refractivity contribution < 1.29 is 9.21 Å². The quantitative estimate of drug-likeness (QED) is 0.783. The molecular formula is C16H17N5O2. The zero-order chi connectivity index (χ0) is 15.6. The summed E-state index contributed by atoms with van der Waals surface area (Å²) in [5.74, 6) is 2.43. The number of amides is 1. The van der Waals surface area contributed by atoms with Crippen molar-refractivity contribution in [2.45, 2.75) is 19.4 Å². The summed E-state index contributed by atoms with van der Waals surface area (Å²) in [5.41, 5.74) is 0.831. The number of H-pyrrole nitrogens is 1. The van der Waals surface area contributed by atoms with Crippen LogP contribution in [0, 0.1) is 0 Å². The topological polar surface area (TPSA) is 80.0 Å². The molecule has 0 aliphatic carbocycles. The Balaban J connectivity index is 1.52. The average molecular weight is 311 g/mol. The molecule has 0 atom stereocenters. The molecule has 0 saturated carbocycles. The maximum Gasteiger partial charge on any atom is 0.222 e. The maximum atomic E-state index is 11.7. The van der Waals surface area contributed by atoms with Gasteiger partial charge in [0.1, 0.15) is 5.69 Å². The van der Waals surface area contributed by atoms with E-state index in [0.717, 1.165) is 30.2 Å². The zero-order valence-electron chi connectivity index (χ0n) is 12.6. The Morgan fingerprint density at radius 3 is 2.87 bits per heavy atom. The number of carbonyl (C=O) groups excluding carboxylic acids is 1. The van der Waals surface area contributed by atoms with Crippen LogP contribution in [0.25, 0.3) is 23.0 Å². The van der Waals surface area contributed by atoms with Crippen LogP contribution in [0.5, 0.6) is 0 Å². The molecule has 0 unspecified atom stereocenters. The molecule has 0 aromatic carbocycles. The van der Waals surface area contributed by atoms with Crippen molar-refractivity contribution in [2.75, 3.05) is 13.1 Å². The number of aromatic nitrogens is 4. The predicted molar refractivity (Wildman–Crippen MR) is 83.3 cm³/mol. The molecule has 1 N–H and O–H groups in total. The van der Waals surface area contributed by atoms with Crippen LogP contribution in [0.3, 0.4) is 0 Å². The molecule has 4 rings (SSSR count). The molecule has 0 bridgehead atoms. The fraction of sp³-hybridized carbons (Fsp3) is 0.312. The predicted octanol–water partition coefficient (Wildman–Crippen LogP) is 2.16. The van der Waals surface area contributed by atoms with E-state index in [9.17, 15) is 4.79 Å². The minimum absolute atomic E-state index is 0.242. The fourth-order valence-electron chi connectivity index (χ4n) is 2.88. The second-order valence-electron chi connectivity index (χ2n) is 5.56. The fourth-order valence-corrected chi connectivity index (χ4v) is 2.88. The molecule has 1 aliphatic rings. The Kier molecular flexibility index (Phi) is 3.45. The molecule has 3 aromatic heterocycles. The van der Waals surface area contributed by atoms with Crippen molar-refractivity contribution >= 4 is 5.91 Å². The van der Waals surface area contributed by atoms with Gasteiger partial charge in [0.05, 0.1) is 0 Å². The summed E-state index contributed by atoms with van der Waals surface area (Å²) >= 11 is 0. The molecule has 1 saturated heterocycles. The lowest BCUT2D eigenvalue weighted by molar-refractivity contribution is -0.127. The van der Waals surface area contributed by atoms with E-state index in [0.29, 0.717) is 25.3 Å². The van der Waals surface area contributed by atoms with Crippen molar-refractivity contribution in [1.82, 2.24) is 24.6 Å². The van der Waals surface area contributed by atoms with Crippen molar-refractivity contribution in [3.63, 3.8) is 0 Å². The highest BCUT2D eigenvalue weighted by Gasteiger charge is 2.20. The largest absolute Gasteiger partial charge is 0.451 e. The van der Waals surface area contributed by atoms with Crippen LogP contribution < -0.4 is 0 Å². The van der Waals surface area contributed by atoms with Gasteiger partial charge in [-0.05, 0) is 24.6 Å². The van der Waals surface area contributed by atoms with E-state index >= 15 is 0 Å². The van der Waals surface area contributed by atoms with Gasteiger partial charge in [-0.15, -0.1) is 0 Å². The molecule has 1 amide bonds. The van der Waals surface area contributed by atoms with Crippen molar-refractivity contribution in [3.8, 4) is 23.0 Å². The number of nitrogens with zero attached hydrogens (tertiary/aromatic N) is 4. The minimum atomic E-state index is 0.242. The van der Waals surface area contributed by atoms with Gasteiger partial charge >= 0.3 is 0 Å². The highest BCUT2D eigenvalue weighted by atomic mass is 16.3. The first-order valence-electron chi connectivity index (χ1n) is 7.70.